The number of ketones is 1. The lowest BCUT2D eigenvalue weighted by molar-refractivity contribution is 0.0843. The number of nitrogens with one attached hydrogen (secondary N) is 1. The van der Waals surface area contributed by atoms with Crippen molar-refractivity contribution in [1.29, 1.82) is 0 Å². The largest absolute Gasteiger partial charge is 0.459 e. The fourth-order valence-electron chi connectivity index (χ4n) is 3.50. The predicted molar refractivity (Wildman–Crippen MR) is 106 cm³/mol. The van der Waals surface area contributed by atoms with Crippen LogP contribution in [0.5, 0.6) is 0 Å². The second-order valence-electron chi connectivity index (χ2n) is 7.35. The number of furan rings is 1. The molecule has 156 valence electrons. The Kier molecular flexibility index (Phi) is 5.73. The lowest BCUT2D eigenvalue weighted by Gasteiger charge is -2.31. The number of piperidine rings is 1. The van der Waals surface area contributed by atoms with Gasteiger partial charge in [-0.25, -0.2) is 4.79 Å². The third-order valence-electron chi connectivity index (χ3n) is 5.35. The smallest absolute Gasteiger partial charge is 0.332 e. The van der Waals surface area contributed by atoms with Gasteiger partial charge >= 0.3 is 5.69 Å². The fraction of sp³-hybridized carbons (Fsp3) is 0.474. The van der Waals surface area contributed by atoms with Crippen LogP contribution >= 0.6 is 0 Å². The molecule has 0 radical (unpaired) electrons. The number of hydrogen-bond acceptors (Lipinski definition) is 7. The van der Waals surface area contributed by atoms with E-state index in [1.165, 1.54) is 20.4 Å². The maximum absolute atomic E-state index is 12.7. The molecule has 0 aliphatic carbocycles. The number of Topliss-reactive ketones (excluding diaryl/α,β-unsaturated/α-hetero) is 1. The van der Waals surface area contributed by atoms with E-state index in [0.29, 0.717) is 31.7 Å². The molecular formula is C19H25N5O5. The summed E-state index contributed by atoms with van der Waals surface area (Å²) in [6.07, 6.45) is 2.81. The summed E-state index contributed by atoms with van der Waals surface area (Å²) in [6.45, 7) is 3.00. The molecule has 3 rings (SSSR count). The summed E-state index contributed by atoms with van der Waals surface area (Å²) in [7, 11) is 2.73. The number of carbonyl (C=O) groups excluding carboxylic acids is 2. The molecule has 0 aromatic carbocycles. The second kappa shape index (κ2) is 8.08. The van der Waals surface area contributed by atoms with E-state index in [0.717, 1.165) is 14.7 Å². The minimum Gasteiger partial charge on any atom is -0.459 e. The van der Waals surface area contributed by atoms with E-state index in [9.17, 15) is 19.2 Å². The molecule has 3 N–H and O–H groups in total. The van der Waals surface area contributed by atoms with E-state index in [1.807, 2.05) is 11.8 Å². The molecule has 3 heterocycles. The molecule has 1 saturated heterocycles. The highest BCUT2D eigenvalue weighted by atomic mass is 16.3. The van der Waals surface area contributed by atoms with Crippen LogP contribution in [0.4, 0.5) is 5.82 Å². The van der Waals surface area contributed by atoms with Crippen molar-refractivity contribution in [3.05, 3.63) is 50.1 Å². The van der Waals surface area contributed by atoms with Crippen LogP contribution in [0.25, 0.3) is 0 Å². The van der Waals surface area contributed by atoms with Gasteiger partial charge in [-0.15, -0.1) is 0 Å². The van der Waals surface area contributed by atoms with Crippen LogP contribution in [0.1, 0.15) is 39.3 Å². The Hall–Kier alpha value is -3.14. The first-order valence-electron chi connectivity index (χ1n) is 9.36. The number of likely N-dealkylation sites (tertiary alicyclic amines) is 1. The van der Waals surface area contributed by atoms with Crippen molar-refractivity contribution in [1.82, 2.24) is 19.4 Å². The highest BCUT2D eigenvalue weighted by molar-refractivity contribution is 6.01. The maximum atomic E-state index is 12.7. The summed E-state index contributed by atoms with van der Waals surface area (Å²) >= 11 is 0. The Bertz CT molecular complexity index is 1060. The topological polar surface area (TPSA) is 133 Å². The summed E-state index contributed by atoms with van der Waals surface area (Å²) < 4.78 is 7.17. The SMILES string of the molecule is Cc1ccoc1C(=O)NC1CCN(CC(=O)c2c(N)n(C)c(=O)n(C)c2=O)CC1. The summed E-state index contributed by atoms with van der Waals surface area (Å²) in [5.74, 6) is -0.487. The monoisotopic (exact) mass is 403 g/mol. The average molecular weight is 403 g/mol. The zero-order chi connectivity index (χ0) is 21.3. The van der Waals surface area contributed by atoms with Gasteiger partial charge in [-0.1, -0.05) is 0 Å². The Morgan fingerprint density at radius 1 is 1.21 bits per heavy atom. The van der Waals surface area contributed by atoms with Crippen molar-refractivity contribution in [2.24, 2.45) is 14.1 Å². The van der Waals surface area contributed by atoms with Gasteiger partial charge in [0.1, 0.15) is 11.4 Å². The van der Waals surface area contributed by atoms with Crippen LogP contribution in [0, 0.1) is 6.92 Å². The van der Waals surface area contributed by atoms with Crippen molar-refractivity contribution < 1.29 is 14.0 Å². The van der Waals surface area contributed by atoms with E-state index < -0.39 is 17.0 Å². The normalized spacial score (nSPS) is 15.4. The van der Waals surface area contributed by atoms with Crippen molar-refractivity contribution >= 4 is 17.5 Å². The first kappa shape index (κ1) is 20.6. The van der Waals surface area contributed by atoms with E-state index >= 15 is 0 Å². The van der Waals surface area contributed by atoms with Gasteiger partial charge in [0.2, 0.25) is 0 Å². The van der Waals surface area contributed by atoms with Gasteiger partial charge in [0.25, 0.3) is 11.5 Å². The number of hydrogen-bond donors (Lipinski definition) is 2. The lowest BCUT2D eigenvalue weighted by Crippen LogP contribution is -2.47. The van der Waals surface area contributed by atoms with Gasteiger partial charge in [0.15, 0.2) is 11.5 Å². The number of rotatable bonds is 5. The Labute approximate surface area is 166 Å². The molecule has 0 atom stereocenters. The van der Waals surface area contributed by atoms with Crippen LogP contribution < -0.4 is 22.3 Å². The van der Waals surface area contributed by atoms with Crippen molar-refractivity contribution in [3.63, 3.8) is 0 Å². The van der Waals surface area contributed by atoms with Crippen LogP contribution in [-0.2, 0) is 14.1 Å². The maximum Gasteiger partial charge on any atom is 0.332 e. The number of nitrogen functional groups attached to an aromatic ring is 1. The Morgan fingerprint density at radius 2 is 1.86 bits per heavy atom. The van der Waals surface area contributed by atoms with Gasteiger partial charge in [0.05, 0.1) is 12.8 Å². The third kappa shape index (κ3) is 4.02. The summed E-state index contributed by atoms with van der Waals surface area (Å²) in [5, 5.41) is 2.95. The zero-order valence-corrected chi connectivity index (χ0v) is 16.7. The summed E-state index contributed by atoms with van der Waals surface area (Å²) in [5.41, 5.74) is 5.20. The average Bonchev–Trinajstić information content (AvgIpc) is 3.12. The molecule has 0 saturated carbocycles. The van der Waals surface area contributed by atoms with Gasteiger partial charge in [0, 0.05) is 38.8 Å². The predicted octanol–water partition coefficient (Wildman–Crippen LogP) is -0.355. The quantitative estimate of drug-likeness (QED) is 0.652. The molecule has 0 spiro atoms. The highest BCUT2D eigenvalue weighted by Gasteiger charge is 2.26. The number of nitrogens with two attached hydrogens (primary N) is 1. The molecule has 10 nitrogen and oxygen atoms in total. The standard InChI is InChI=1S/C19H25N5O5/c1-11-6-9-29-15(11)17(26)21-12-4-7-24(8-5-12)10-13(25)14-16(20)22(2)19(28)23(3)18(14)27/h6,9,12H,4-5,7-8,10,20H2,1-3H3,(H,21,26). The number of carbonyl (C=O) groups is 2. The van der Waals surface area contributed by atoms with Crippen molar-refractivity contribution in [2.45, 2.75) is 25.8 Å². The molecule has 0 unspecified atom stereocenters. The molecule has 0 bridgehead atoms. The van der Waals surface area contributed by atoms with Crippen LogP contribution in [0.2, 0.25) is 0 Å². The number of anilines is 1. The van der Waals surface area contributed by atoms with Crippen molar-refractivity contribution in [2.75, 3.05) is 25.4 Å². The molecule has 2 aromatic heterocycles. The van der Waals surface area contributed by atoms with E-state index in [1.54, 1.807) is 6.07 Å². The summed E-state index contributed by atoms with van der Waals surface area (Å²) in [4.78, 5) is 51.1. The van der Waals surface area contributed by atoms with E-state index in [4.69, 9.17) is 10.2 Å². The third-order valence-corrected chi connectivity index (χ3v) is 5.35. The molecular weight excluding hydrogens is 378 g/mol. The van der Waals surface area contributed by atoms with Crippen LogP contribution in [0.3, 0.4) is 0 Å². The Morgan fingerprint density at radius 3 is 2.45 bits per heavy atom. The lowest BCUT2D eigenvalue weighted by atomic mass is 10.0. The highest BCUT2D eigenvalue weighted by Crippen LogP contribution is 2.14. The molecule has 10 heteroatoms. The van der Waals surface area contributed by atoms with Gasteiger partial charge in [-0.2, -0.15) is 0 Å². The molecule has 1 aliphatic rings. The molecule has 2 aromatic rings. The molecule has 1 amide bonds. The van der Waals surface area contributed by atoms with E-state index in [2.05, 4.69) is 5.32 Å². The van der Waals surface area contributed by atoms with Gasteiger partial charge in [-0.05, 0) is 25.8 Å². The van der Waals surface area contributed by atoms with Crippen LogP contribution in [0.15, 0.2) is 26.3 Å². The second-order valence-corrected chi connectivity index (χ2v) is 7.35. The first-order chi connectivity index (χ1) is 13.7. The Balaban J connectivity index is 1.61. The number of nitrogens with zero attached hydrogens (tertiary/aromatic N) is 3. The van der Waals surface area contributed by atoms with E-state index in [-0.39, 0.29) is 29.9 Å². The number of aryl methyl sites for hydroxylation is 1. The number of amides is 1. The van der Waals surface area contributed by atoms with Crippen molar-refractivity contribution in [3.8, 4) is 0 Å². The fourth-order valence-corrected chi connectivity index (χ4v) is 3.50. The zero-order valence-electron chi connectivity index (χ0n) is 16.7. The van der Waals surface area contributed by atoms with Gasteiger partial charge < -0.3 is 15.5 Å². The molecule has 29 heavy (non-hydrogen) atoms. The molecule has 1 fully saturated rings. The minimum atomic E-state index is -0.688. The molecule has 1 aliphatic heterocycles. The number of aromatic nitrogens is 2. The first-order valence-corrected chi connectivity index (χ1v) is 9.36. The summed E-state index contributed by atoms with van der Waals surface area (Å²) in [6, 6.07) is 1.72. The minimum absolute atomic E-state index is 0.0196. The van der Waals surface area contributed by atoms with Gasteiger partial charge in [-0.3, -0.25) is 28.4 Å². The van der Waals surface area contributed by atoms with Crippen LogP contribution in [-0.4, -0.2) is 51.4 Å².